The predicted octanol–water partition coefficient (Wildman–Crippen LogP) is 2.30. The lowest BCUT2D eigenvalue weighted by Gasteiger charge is -1.99. The summed E-state index contributed by atoms with van der Waals surface area (Å²) in [5.41, 5.74) is 8.85. The Morgan fingerprint density at radius 3 is 3.00 bits per heavy atom. The second kappa shape index (κ2) is 4.20. The first-order chi connectivity index (χ1) is 6.42. The van der Waals surface area contributed by atoms with Gasteiger partial charge >= 0.3 is 0 Å². The van der Waals surface area contributed by atoms with Crippen molar-refractivity contribution in [1.82, 2.24) is 4.98 Å². The zero-order valence-corrected chi connectivity index (χ0v) is 8.65. The molecule has 0 aromatic carbocycles. The molecule has 0 saturated heterocycles. The van der Waals surface area contributed by atoms with Crippen molar-refractivity contribution in [2.24, 2.45) is 5.73 Å². The number of unbranched alkanes of at least 4 members (excludes halogenated alkanes) is 1. The number of nitrogens with two attached hydrogens (primary N) is 1. The van der Waals surface area contributed by atoms with Gasteiger partial charge in [0.25, 0.3) is 0 Å². The van der Waals surface area contributed by atoms with Crippen LogP contribution in [0.4, 0.5) is 0 Å². The Balaban J connectivity index is 1.90. The van der Waals surface area contributed by atoms with Gasteiger partial charge in [0.05, 0.1) is 11.2 Å². The molecule has 1 saturated carbocycles. The maximum absolute atomic E-state index is 5.47. The van der Waals surface area contributed by atoms with Crippen molar-refractivity contribution < 1.29 is 0 Å². The third kappa shape index (κ3) is 2.29. The van der Waals surface area contributed by atoms with Crippen molar-refractivity contribution in [3.63, 3.8) is 0 Å². The molecule has 1 aliphatic carbocycles. The van der Waals surface area contributed by atoms with E-state index in [1.807, 2.05) is 16.8 Å². The minimum Gasteiger partial charge on any atom is -0.330 e. The molecule has 1 aromatic heterocycles. The molecule has 0 radical (unpaired) electrons. The molecule has 0 bridgehead atoms. The fraction of sp³-hybridized carbons (Fsp3) is 0.700. The first-order valence-electron chi connectivity index (χ1n) is 5.04. The van der Waals surface area contributed by atoms with Crippen molar-refractivity contribution in [2.75, 3.05) is 6.54 Å². The molecule has 0 aliphatic heterocycles. The lowest BCUT2D eigenvalue weighted by molar-refractivity contribution is 0.744. The summed E-state index contributed by atoms with van der Waals surface area (Å²) < 4.78 is 0. The number of hydrogen-bond donors (Lipinski definition) is 1. The van der Waals surface area contributed by atoms with Crippen LogP contribution in [0.25, 0.3) is 0 Å². The molecule has 2 nitrogen and oxygen atoms in total. The van der Waals surface area contributed by atoms with Gasteiger partial charge in [0, 0.05) is 10.8 Å². The number of rotatable bonds is 5. The van der Waals surface area contributed by atoms with Crippen LogP contribution in [0, 0.1) is 0 Å². The molecule has 72 valence electrons. The SMILES string of the molecule is NCCCCc1scnc1C1CC1. The average molecular weight is 196 g/mol. The van der Waals surface area contributed by atoms with E-state index in [4.69, 9.17) is 5.73 Å². The molecule has 0 unspecified atom stereocenters. The highest BCUT2D eigenvalue weighted by Crippen LogP contribution is 2.42. The van der Waals surface area contributed by atoms with Crippen LogP contribution in [0.1, 0.15) is 42.2 Å². The summed E-state index contributed by atoms with van der Waals surface area (Å²) in [7, 11) is 0. The second-order valence-electron chi connectivity index (χ2n) is 3.68. The standard InChI is InChI=1S/C10H16N2S/c11-6-2-1-3-9-10(8-4-5-8)12-7-13-9/h7-8H,1-6,11H2. The van der Waals surface area contributed by atoms with Crippen LogP contribution in [0.3, 0.4) is 0 Å². The predicted molar refractivity (Wildman–Crippen MR) is 56.1 cm³/mol. The number of thiazole rings is 1. The lowest BCUT2D eigenvalue weighted by atomic mass is 10.1. The Kier molecular flexibility index (Phi) is 2.96. The Bertz CT molecular complexity index is 266. The van der Waals surface area contributed by atoms with E-state index in [1.54, 1.807) is 0 Å². The summed E-state index contributed by atoms with van der Waals surface area (Å²) in [6, 6.07) is 0. The monoisotopic (exact) mass is 196 g/mol. The summed E-state index contributed by atoms with van der Waals surface area (Å²) in [6.45, 7) is 0.817. The van der Waals surface area contributed by atoms with Crippen LogP contribution < -0.4 is 5.73 Å². The molecule has 0 spiro atoms. The molecule has 13 heavy (non-hydrogen) atoms. The smallest absolute Gasteiger partial charge is 0.0797 e. The van der Waals surface area contributed by atoms with Crippen LogP contribution in [-0.2, 0) is 6.42 Å². The third-order valence-corrected chi connectivity index (χ3v) is 3.40. The largest absolute Gasteiger partial charge is 0.330 e. The molecule has 2 N–H and O–H groups in total. The Labute approximate surface area is 83.2 Å². The Morgan fingerprint density at radius 2 is 2.31 bits per heavy atom. The Morgan fingerprint density at radius 1 is 1.46 bits per heavy atom. The summed E-state index contributed by atoms with van der Waals surface area (Å²) >= 11 is 1.82. The fourth-order valence-electron chi connectivity index (χ4n) is 1.59. The quantitative estimate of drug-likeness (QED) is 0.734. The molecular formula is C10H16N2S. The van der Waals surface area contributed by atoms with Gasteiger partial charge in [-0.15, -0.1) is 11.3 Å². The molecule has 0 amide bonds. The van der Waals surface area contributed by atoms with E-state index in [2.05, 4.69) is 4.98 Å². The molecule has 1 heterocycles. The lowest BCUT2D eigenvalue weighted by Crippen LogP contribution is -1.99. The van der Waals surface area contributed by atoms with Crippen LogP contribution in [0.15, 0.2) is 5.51 Å². The highest BCUT2D eigenvalue weighted by atomic mass is 32.1. The van der Waals surface area contributed by atoms with Gasteiger partial charge in [-0.05, 0) is 38.6 Å². The zero-order valence-electron chi connectivity index (χ0n) is 7.83. The van der Waals surface area contributed by atoms with E-state index in [9.17, 15) is 0 Å². The van der Waals surface area contributed by atoms with Gasteiger partial charge in [0.15, 0.2) is 0 Å². The van der Waals surface area contributed by atoms with Crippen LogP contribution >= 0.6 is 11.3 Å². The molecule has 0 atom stereocenters. The van der Waals surface area contributed by atoms with E-state index < -0.39 is 0 Å². The summed E-state index contributed by atoms with van der Waals surface area (Å²) in [4.78, 5) is 5.95. The molecular weight excluding hydrogens is 180 g/mol. The minimum atomic E-state index is 0.805. The van der Waals surface area contributed by atoms with Crippen molar-refractivity contribution in [3.05, 3.63) is 16.1 Å². The van der Waals surface area contributed by atoms with E-state index in [0.29, 0.717) is 0 Å². The first kappa shape index (κ1) is 9.16. The van der Waals surface area contributed by atoms with Crippen LogP contribution in [0.5, 0.6) is 0 Å². The summed E-state index contributed by atoms with van der Waals surface area (Å²) in [6.07, 6.45) is 6.26. The van der Waals surface area contributed by atoms with Crippen LogP contribution in [0.2, 0.25) is 0 Å². The number of aromatic nitrogens is 1. The Hall–Kier alpha value is -0.410. The van der Waals surface area contributed by atoms with E-state index in [0.717, 1.165) is 18.9 Å². The second-order valence-corrected chi connectivity index (χ2v) is 4.62. The summed E-state index contributed by atoms with van der Waals surface area (Å²) in [5.74, 6) is 0.805. The van der Waals surface area contributed by atoms with Gasteiger partial charge in [0.2, 0.25) is 0 Å². The fourth-order valence-corrected chi connectivity index (χ4v) is 2.48. The zero-order chi connectivity index (χ0) is 9.10. The van der Waals surface area contributed by atoms with Gasteiger partial charge < -0.3 is 5.73 Å². The molecule has 1 aromatic rings. The normalized spacial score (nSPS) is 16.4. The van der Waals surface area contributed by atoms with Crippen molar-refractivity contribution >= 4 is 11.3 Å². The van der Waals surface area contributed by atoms with Gasteiger partial charge in [-0.2, -0.15) is 0 Å². The van der Waals surface area contributed by atoms with Crippen LogP contribution in [-0.4, -0.2) is 11.5 Å². The molecule has 1 aliphatic rings. The maximum atomic E-state index is 5.47. The van der Waals surface area contributed by atoms with Crippen molar-refractivity contribution in [3.8, 4) is 0 Å². The maximum Gasteiger partial charge on any atom is 0.0797 e. The molecule has 2 rings (SSSR count). The highest BCUT2D eigenvalue weighted by Gasteiger charge is 2.27. The van der Waals surface area contributed by atoms with E-state index >= 15 is 0 Å². The minimum absolute atomic E-state index is 0.805. The first-order valence-corrected chi connectivity index (χ1v) is 5.92. The topological polar surface area (TPSA) is 38.9 Å². The molecule has 3 heteroatoms. The van der Waals surface area contributed by atoms with Crippen molar-refractivity contribution in [1.29, 1.82) is 0 Å². The van der Waals surface area contributed by atoms with E-state index in [-0.39, 0.29) is 0 Å². The summed E-state index contributed by atoms with van der Waals surface area (Å²) in [5, 5.41) is 0. The van der Waals surface area contributed by atoms with Gasteiger partial charge in [-0.3, -0.25) is 0 Å². The number of aryl methyl sites for hydroxylation is 1. The van der Waals surface area contributed by atoms with E-state index in [1.165, 1.54) is 36.3 Å². The number of hydrogen-bond acceptors (Lipinski definition) is 3. The van der Waals surface area contributed by atoms with Gasteiger partial charge in [-0.1, -0.05) is 0 Å². The molecule has 1 fully saturated rings. The van der Waals surface area contributed by atoms with Crippen molar-refractivity contribution in [2.45, 2.75) is 38.0 Å². The number of nitrogens with zero attached hydrogens (tertiary/aromatic N) is 1. The van der Waals surface area contributed by atoms with Gasteiger partial charge in [-0.25, -0.2) is 4.98 Å². The van der Waals surface area contributed by atoms with Gasteiger partial charge in [0.1, 0.15) is 0 Å². The third-order valence-electron chi connectivity index (χ3n) is 2.49. The average Bonchev–Trinajstić information content (AvgIpc) is 2.88. The highest BCUT2D eigenvalue weighted by molar-refractivity contribution is 7.09.